The first-order chi connectivity index (χ1) is 27.7. The summed E-state index contributed by atoms with van der Waals surface area (Å²) in [5.41, 5.74) is 11.0. The molecule has 1 atom stereocenters. The Hall–Kier alpha value is -6.65. The zero-order valence-electron chi connectivity index (χ0n) is 31.0. The highest BCUT2D eigenvalue weighted by Gasteiger charge is 2.48. The van der Waals surface area contributed by atoms with Crippen molar-refractivity contribution in [1.82, 2.24) is 15.0 Å². The molecular formula is C52H39N3O. The van der Waals surface area contributed by atoms with Gasteiger partial charge in [-0.25, -0.2) is 15.0 Å². The van der Waals surface area contributed by atoms with Crippen molar-refractivity contribution in [2.45, 2.75) is 43.1 Å². The summed E-state index contributed by atoms with van der Waals surface area (Å²) < 4.78 is 7.63. The molecule has 1 spiro atoms. The topological polar surface area (TPSA) is 47.9 Å². The largest absolute Gasteiger partial charge is 0.472 e. The molecule has 56 heavy (non-hydrogen) atoms. The molecule has 1 saturated carbocycles. The SMILES string of the molecule is C1=CC(c2ccccc2)(c2ccc(-c3nc(-c4ccccc4)nc(-c4ccccc4)n3)cc2)Oc2c1c1c(c3ccccc23)-c2ccccc2C12CCCCC2. The average Bonchev–Trinajstić information content (AvgIpc) is 3.56. The van der Waals surface area contributed by atoms with Gasteiger partial charge in [0, 0.05) is 44.2 Å². The summed E-state index contributed by atoms with van der Waals surface area (Å²) in [6, 6.07) is 57.5. The number of ether oxygens (including phenoxy) is 1. The minimum atomic E-state index is -0.863. The average molecular weight is 722 g/mol. The minimum absolute atomic E-state index is 0.0118. The summed E-state index contributed by atoms with van der Waals surface area (Å²) >= 11 is 0. The van der Waals surface area contributed by atoms with Crippen molar-refractivity contribution in [2.75, 3.05) is 0 Å². The highest BCUT2D eigenvalue weighted by molar-refractivity contribution is 6.08. The first-order valence-electron chi connectivity index (χ1n) is 19.8. The van der Waals surface area contributed by atoms with Crippen LogP contribution in [0.5, 0.6) is 5.75 Å². The number of aromatic nitrogens is 3. The van der Waals surface area contributed by atoms with Crippen LogP contribution in [0.15, 0.2) is 170 Å². The molecule has 1 unspecified atom stereocenters. The normalized spacial score (nSPS) is 17.6. The third kappa shape index (κ3) is 5.02. The van der Waals surface area contributed by atoms with Crippen LogP contribution < -0.4 is 4.74 Å². The summed E-state index contributed by atoms with van der Waals surface area (Å²) in [6.07, 6.45) is 10.8. The van der Waals surface area contributed by atoms with E-state index in [1.165, 1.54) is 52.5 Å². The van der Waals surface area contributed by atoms with Crippen LogP contribution in [-0.4, -0.2) is 15.0 Å². The molecule has 0 N–H and O–H groups in total. The predicted octanol–water partition coefficient (Wildman–Crippen LogP) is 12.6. The quantitative estimate of drug-likeness (QED) is 0.178. The lowest BCUT2D eigenvalue weighted by Crippen LogP contribution is -2.35. The standard InChI is InChI=1S/C52H39N3O/c1-5-17-35(18-6-1)48-53-49(36-19-7-2-8-20-36)55-50(54-48)37-27-29-39(30-28-37)52(38-21-9-3-10-22-38)34-31-43-46-45(40-23-11-12-24-41(40)47(43)56-52)42-25-13-14-26-44(42)51(46)32-15-4-16-33-51/h1-3,5-14,17-31,34H,4,15-16,32-33H2. The van der Waals surface area contributed by atoms with Crippen LogP contribution in [0.2, 0.25) is 0 Å². The Morgan fingerprint density at radius 3 is 1.62 bits per heavy atom. The van der Waals surface area contributed by atoms with E-state index in [-0.39, 0.29) is 5.41 Å². The van der Waals surface area contributed by atoms with Crippen LogP contribution in [0.3, 0.4) is 0 Å². The molecule has 1 fully saturated rings. The fourth-order valence-corrected chi connectivity index (χ4v) is 9.76. The van der Waals surface area contributed by atoms with Gasteiger partial charge in [0.05, 0.1) is 0 Å². The Morgan fingerprint density at radius 1 is 0.464 bits per heavy atom. The Bertz CT molecular complexity index is 2730. The van der Waals surface area contributed by atoms with Crippen LogP contribution >= 0.6 is 0 Å². The van der Waals surface area contributed by atoms with E-state index in [0.717, 1.165) is 51.8 Å². The number of hydrogen-bond donors (Lipinski definition) is 0. The van der Waals surface area contributed by atoms with E-state index in [2.05, 4.69) is 115 Å². The zero-order chi connectivity index (χ0) is 37.1. The minimum Gasteiger partial charge on any atom is -0.472 e. The van der Waals surface area contributed by atoms with Crippen molar-refractivity contribution in [1.29, 1.82) is 0 Å². The summed E-state index contributed by atoms with van der Waals surface area (Å²) in [7, 11) is 0. The van der Waals surface area contributed by atoms with Crippen LogP contribution in [-0.2, 0) is 11.0 Å². The highest BCUT2D eigenvalue weighted by atomic mass is 16.5. The van der Waals surface area contributed by atoms with Gasteiger partial charge in [-0.1, -0.05) is 189 Å². The molecule has 1 aliphatic heterocycles. The summed E-state index contributed by atoms with van der Waals surface area (Å²) in [4.78, 5) is 14.9. The zero-order valence-corrected chi connectivity index (χ0v) is 31.0. The van der Waals surface area contributed by atoms with Gasteiger partial charge < -0.3 is 4.74 Å². The molecule has 7 aromatic carbocycles. The lowest BCUT2D eigenvalue weighted by atomic mass is 9.66. The molecular weight excluding hydrogens is 683 g/mol. The third-order valence-electron chi connectivity index (χ3n) is 12.3. The Kier molecular flexibility index (Phi) is 7.60. The lowest BCUT2D eigenvalue weighted by molar-refractivity contribution is 0.163. The molecule has 0 saturated heterocycles. The van der Waals surface area contributed by atoms with Gasteiger partial charge in [0.15, 0.2) is 23.1 Å². The van der Waals surface area contributed by atoms with E-state index >= 15 is 0 Å². The van der Waals surface area contributed by atoms with Crippen LogP contribution in [0, 0.1) is 0 Å². The van der Waals surface area contributed by atoms with E-state index in [9.17, 15) is 0 Å². The molecule has 4 heteroatoms. The Morgan fingerprint density at radius 2 is 0.982 bits per heavy atom. The molecule has 0 amide bonds. The van der Waals surface area contributed by atoms with Crippen molar-refractivity contribution in [3.8, 4) is 51.0 Å². The van der Waals surface area contributed by atoms with Crippen LogP contribution in [0.1, 0.15) is 59.9 Å². The van der Waals surface area contributed by atoms with Crippen LogP contribution in [0.4, 0.5) is 0 Å². The van der Waals surface area contributed by atoms with E-state index < -0.39 is 5.60 Å². The van der Waals surface area contributed by atoms with Crippen molar-refractivity contribution >= 4 is 16.8 Å². The van der Waals surface area contributed by atoms with Gasteiger partial charge in [0.25, 0.3) is 0 Å². The molecule has 4 nitrogen and oxygen atoms in total. The molecule has 0 bridgehead atoms. The van der Waals surface area contributed by atoms with E-state index in [0.29, 0.717) is 17.5 Å². The van der Waals surface area contributed by atoms with Gasteiger partial charge in [-0.3, -0.25) is 0 Å². The number of rotatable bonds is 5. The van der Waals surface area contributed by atoms with E-state index in [1.54, 1.807) is 0 Å². The van der Waals surface area contributed by atoms with Gasteiger partial charge in [-0.2, -0.15) is 0 Å². The Balaban J connectivity index is 1.08. The summed E-state index contributed by atoms with van der Waals surface area (Å²) in [5.74, 6) is 2.88. The molecule has 3 aliphatic rings. The highest BCUT2D eigenvalue weighted by Crippen LogP contribution is 2.62. The molecule has 268 valence electrons. The van der Waals surface area contributed by atoms with Crippen molar-refractivity contribution in [2.24, 2.45) is 0 Å². The molecule has 1 aromatic heterocycles. The Labute approximate surface area is 327 Å². The number of hydrogen-bond acceptors (Lipinski definition) is 4. The second kappa shape index (κ2) is 13.0. The molecule has 11 rings (SSSR count). The predicted molar refractivity (Wildman–Crippen MR) is 226 cm³/mol. The maximum atomic E-state index is 7.63. The van der Waals surface area contributed by atoms with Gasteiger partial charge >= 0.3 is 0 Å². The number of fused-ring (bicyclic) bond motifs is 10. The van der Waals surface area contributed by atoms with E-state index in [4.69, 9.17) is 19.7 Å². The maximum absolute atomic E-state index is 7.63. The maximum Gasteiger partial charge on any atom is 0.178 e. The van der Waals surface area contributed by atoms with Crippen molar-refractivity contribution in [3.05, 3.63) is 198 Å². The van der Waals surface area contributed by atoms with Crippen molar-refractivity contribution < 1.29 is 4.74 Å². The fourth-order valence-electron chi connectivity index (χ4n) is 9.76. The van der Waals surface area contributed by atoms with Crippen LogP contribution in [0.25, 0.3) is 62.1 Å². The molecule has 2 aliphatic carbocycles. The first-order valence-corrected chi connectivity index (χ1v) is 19.8. The second-order valence-corrected chi connectivity index (χ2v) is 15.4. The summed E-state index contributed by atoms with van der Waals surface area (Å²) in [6.45, 7) is 0. The van der Waals surface area contributed by atoms with Gasteiger partial charge in [-0.15, -0.1) is 0 Å². The summed E-state index contributed by atoms with van der Waals surface area (Å²) in [5, 5.41) is 2.42. The number of nitrogens with zero attached hydrogens (tertiary/aromatic N) is 3. The molecule has 2 heterocycles. The smallest absolute Gasteiger partial charge is 0.178 e. The molecule has 8 aromatic rings. The van der Waals surface area contributed by atoms with E-state index in [1.807, 2.05) is 60.7 Å². The monoisotopic (exact) mass is 721 g/mol. The molecule has 0 radical (unpaired) electrons. The van der Waals surface area contributed by atoms with Gasteiger partial charge in [0.2, 0.25) is 0 Å². The third-order valence-corrected chi connectivity index (χ3v) is 12.3. The number of benzene rings is 7. The van der Waals surface area contributed by atoms with Crippen molar-refractivity contribution in [3.63, 3.8) is 0 Å². The first kappa shape index (κ1) is 32.8. The second-order valence-electron chi connectivity index (χ2n) is 15.4. The van der Waals surface area contributed by atoms with Gasteiger partial charge in [0.1, 0.15) is 5.75 Å². The fraction of sp³-hybridized carbons (Fsp3) is 0.135. The van der Waals surface area contributed by atoms with Gasteiger partial charge in [-0.05, 0) is 46.6 Å². The lowest BCUT2D eigenvalue weighted by Gasteiger charge is -2.41.